The summed E-state index contributed by atoms with van der Waals surface area (Å²) in [6.45, 7) is 15.4. The maximum Gasteiger partial charge on any atom is 0.336 e. The molecule has 10 nitrogen and oxygen atoms in total. The lowest BCUT2D eigenvalue weighted by molar-refractivity contribution is -0.139. The minimum Gasteiger partial charge on any atom is -0.493 e. The fourth-order valence-corrected chi connectivity index (χ4v) is 6.25. The van der Waals surface area contributed by atoms with E-state index < -0.39 is 35.0 Å². The molecule has 0 unspecified atom stereocenters. The Bertz CT molecular complexity index is 2310. The van der Waals surface area contributed by atoms with Crippen molar-refractivity contribution in [2.75, 3.05) is 33.2 Å². The first-order valence-electron chi connectivity index (χ1n) is 19.8. The van der Waals surface area contributed by atoms with Crippen LogP contribution in [-0.4, -0.2) is 51.1 Å². The third kappa shape index (κ3) is 12.9. The Hall–Kier alpha value is -6.69. The molecule has 0 heterocycles. The standard InChI is InChI=1S/C49H50F2O10/c1-32(2)47(53)58-24-9-7-22-56-37-14-11-34(44(50)29-37)13-20-46(52)61-39-17-19-41-40-18-16-36(27-42(40)49(5,6)43(41)28-39)60-31-55-26-21-35-12-15-38(30-45(35)51)57-23-8-10-25-59-48(54)33(3)4/h11-21,26-30H,1,3,7-10,22-25,31H2,2,4-6H3. The van der Waals surface area contributed by atoms with Crippen LogP contribution in [0.1, 0.15) is 75.6 Å². The van der Waals surface area contributed by atoms with Crippen LogP contribution >= 0.6 is 0 Å². The van der Waals surface area contributed by atoms with Crippen molar-refractivity contribution in [3.8, 4) is 34.1 Å². The number of benzene rings is 4. The van der Waals surface area contributed by atoms with E-state index in [-0.39, 0.29) is 25.6 Å². The SMILES string of the molecule is C=C(C)C(=O)OCCCCOc1ccc(C=COCOc2ccc3c(c2)C(C)(C)c2cc(OC(=O)C=Cc4ccc(OCCCCOC(=O)C(=C)C)cc4F)ccc2-3)c(F)c1. The highest BCUT2D eigenvalue weighted by molar-refractivity contribution is 5.89. The van der Waals surface area contributed by atoms with Gasteiger partial charge >= 0.3 is 17.9 Å². The molecule has 320 valence electrons. The molecule has 1 aliphatic rings. The fraction of sp³-hybridized carbons (Fsp3) is 0.286. The minimum absolute atomic E-state index is 0.111. The molecule has 4 aromatic carbocycles. The number of hydrogen-bond donors (Lipinski definition) is 0. The Balaban J connectivity index is 1.06. The molecule has 4 aromatic rings. The maximum atomic E-state index is 14.8. The smallest absolute Gasteiger partial charge is 0.336 e. The highest BCUT2D eigenvalue weighted by atomic mass is 19.1. The molecule has 12 heteroatoms. The van der Waals surface area contributed by atoms with E-state index in [0.29, 0.717) is 78.6 Å². The molecule has 0 saturated carbocycles. The first kappa shape index (κ1) is 45.4. The van der Waals surface area contributed by atoms with Gasteiger partial charge in [-0.05, 0) is 122 Å². The quantitative estimate of drug-likeness (QED) is 0.0189. The molecule has 0 fully saturated rings. The second kappa shape index (κ2) is 21.5. The number of ether oxygens (including phenoxy) is 7. The van der Waals surface area contributed by atoms with Gasteiger partial charge in [0.2, 0.25) is 6.79 Å². The van der Waals surface area contributed by atoms with Crippen molar-refractivity contribution in [2.45, 2.75) is 58.8 Å². The van der Waals surface area contributed by atoms with E-state index in [4.69, 9.17) is 33.2 Å². The molecule has 0 bridgehead atoms. The van der Waals surface area contributed by atoms with Crippen molar-refractivity contribution in [1.82, 2.24) is 0 Å². The molecule has 0 aliphatic heterocycles. The molecule has 61 heavy (non-hydrogen) atoms. The van der Waals surface area contributed by atoms with Crippen molar-refractivity contribution in [3.63, 3.8) is 0 Å². The van der Waals surface area contributed by atoms with Gasteiger partial charge in [0, 0.05) is 45.9 Å². The van der Waals surface area contributed by atoms with Gasteiger partial charge in [-0.3, -0.25) is 0 Å². The van der Waals surface area contributed by atoms with Crippen molar-refractivity contribution in [3.05, 3.63) is 143 Å². The normalized spacial score (nSPS) is 12.4. The molecule has 0 N–H and O–H groups in total. The molecular weight excluding hydrogens is 787 g/mol. The summed E-state index contributed by atoms with van der Waals surface area (Å²) in [6.07, 6.45) is 7.81. The summed E-state index contributed by atoms with van der Waals surface area (Å²) < 4.78 is 67.7. The highest BCUT2D eigenvalue weighted by Gasteiger charge is 2.36. The van der Waals surface area contributed by atoms with E-state index in [0.717, 1.165) is 22.3 Å². The van der Waals surface area contributed by atoms with Gasteiger partial charge in [0.1, 0.15) is 34.6 Å². The number of unbranched alkanes of at least 4 members (excludes halogenated alkanes) is 2. The fourth-order valence-electron chi connectivity index (χ4n) is 6.25. The van der Waals surface area contributed by atoms with Gasteiger partial charge in [-0.25, -0.2) is 23.2 Å². The van der Waals surface area contributed by atoms with E-state index in [1.54, 1.807) is 38.1 Å². The topological polar surface area (TPSA) is 116 Å². The Morgan fingerprint density at radius 2 is 1.07 bits per heavy atom. The van der Waals surface area contributed by atoms with Crippen LogP contribution in [0.3, 0.4) is 0 Å². The third-order valence-electron chi connectivity index (χ3n) is 9.60. The zero-order valence-corrected chi connectivity index (χ0v) is 34.9. The number of esters is 3. The summed E-state index contributed by atoms with van der Waals surface area (Å²) in [5.41, 5.74) is 4.73. The van der Waals surface area contributed by atoms with Crippen LogP contribution in [0.4, 0.5) is 8.78 Å². The molecular formula is C49H50F2O10. The van der Waals surface area contributed by atoms with Gasteiger partial charge in [0.05, 0.1) is 32.7 Å². The number of carbonyl (C=O) groups is 3. The van der Waals surface area contributed by atoms with Crippen LogP contribution in [0.25, 0.3) is 23.3 Å². The largest absolute Gasteiger partial charge is 0.493 e. The molecule has 0 saturated heterocycles. The van der Waals surface area contributed by atoms with Gasteiger partial charge in [-0.2, -0.15) is 0 Å². The lowest BCUT2D eigenvalue weighted by Crippen LogP contribution is -2.15. The summed E-state index contributed by atoms with van der Waals surface area (Å²) in [5.74, 6) is -0.902. The van der Waals surface area contributed by atoms with E-state index in [1.165, 1.54) is 42.7 Å². The zero-order chi connectivity index (χ0) is 43.9. The summed E-state index contributed by atoms with van der Waals surface area (Å²) >= 11 is 0. The van der Waals surface area contributed by atoms with Gasteiger partial charge in [-0.1, -0.05) is 39.1 Å². The van der Waals surface area contributed by atoms with Crippen LogP contribution in [0, 0.1) is 11.6 Å². The van der Waals surface area contributed by atoms with Crippen molar-refractivity contribution in [2.24, 2.45) is 0 Å². The number of rotatable bonds is 22. The minimum atomic E-state index is -0.664. The molecule has 1 aliphatic carbocycles. The van der Waals surface area contributed by atoms with Gasteiger partial charge in [0.25, 0.3) is 0 Å². The monoisotopic (exact) mass is 836 g/mol. The van der Waals surface area contributed by atoms with Crippen molar-refractivity contribution >= 4 is 30.1 Å². The number of carbonyl (C=O) groups excluding carboxylic acids is 3. The summed E-state index contributed by atoms with van der Waals surface area (Å²) in [4.78, 5) is 35.6. The van der Waals surface area contributed by atoms with Crippen LogP contribution in [0.5, 0.6) is 23.0 Å². The molecule has 0 amide bonds. The van der Waals surface area contributed by atoms with Crippen LogP contribution in [0.15, 0.2) is 109 Å². The maximum absolute atomic E-state index is 14.8. The Kier molecular flexibility index (Phi) is 16.0. The van der Waals surface area contributed by atoms with Crippen molar-refractivity contribution in [1.29, 1.82) is 0 Å². The van der Waals surface area contributed by atoms with Crippen LogP contribution in [-0.2, 0) is 34.0 Å². The van der Waals surface area contributed by atoms with E-state index in [2.05, 4.69) is 27.0 Å². The second-order valence-corrected chi connectivity index (χ2v) is 14.8. The van der Waals surface area contributed by atoms with Crippen LogP contribution in [0.2, 0.25) is 0 Å². The lowest BCUT2D eigenvalue weighted by atomic mass is 9.82. The van der Waals surface area contributed by atoms with E-state index >= 15 is 0 Å². The average molecular weight is 837 g/mol. The predicted molar refractivity (Wildman–Crippen MR) is 228 cm³/mol. The molecule has 0 atom stereocenters. The third-order valence-corrected chi connectivity index (χ3v) is 9.60. The number of hydrogen-bond acceptors (Lipinski definition) is 10. The Morgan fingerprint density at radius 3 is 1.59 bits per heavy atom. The first-order chi connectivity index (χ1) is 29.2. The molecule has 0 spiro atoms. The predicted octanol–water partition coefficient (Wildman–Crippen LogP) is 10.5. The van der Waals surface area contributed by atoms with Gasteiger partial charge < -0.3 is 33.2 Å². The molecule has 0 radical (unpaired) electrons. The average Bonchev–Trinajstić information content (AvgIpc) is 3.44. The van der Waals surface area contributed by atoms with E-state index in [1.807, 2.05) is 30.3 Å². The van der Waals surface area contributed by atoms with E-state index in [9.17, 15) is 23.2 Å². The first-order valence-corrected chi connectivity index (χ1v) is 19.8. The lowest BCUT2D eigenvalue weighted by Gasteiger charge is -2.22. The number of fused-ring (bicyclic) bond motifs is 3. The van der Waals surface area contributed by atoms with Crippen LogP contribution < -0.4 is 18.9 Å². The second-order valence-electron chi connectivity index (χ2n) is 14.8. The van der Waals surface area contributed by atoms with Crippen molar-refractivity contribution < 1.29 is 56.3 Å². The summed E-state index contributed by atoms with van der Waals surface area (Å²) in [5, 5.41) is 0. The molecule has 5 rings (SSSR count). The number of halogens is 2. The highest BCUT2D eigenvalue weighted by Crippen LogP contribution is 2.50. The zero-order valence-electron chi connectivity index (χ0n) is 34.9. The summed E-state index contributed by atoms with van der Waals surface area (Å²) in [7, 11) is 0. The Morgan fingerprint density at radius 1 is 0.607 bits per heavy atom. The van der Waals surface area contributed by atoms with Gasteiger partial charge in [-0.15, -0.1) is 0 Å². The Labute approximate surface area is 355 Å². The summed E-state index contributed by atoms with van der Waals surface area (Å²) in [6, 6.07) is 20.1. The molecule has 0 aromatic heterocycles. The van der Waals surface area contributed by atoms with Gasteiger partial charge in [0.15, 0.2) is 0 Å².